The molecule has 1 heterocycles. The summed E-state index contributed by atoms with van der Waals surface area (Å²) in [5.41, 5.74) is 4.16. The number of benzene rings is 2. The van der Waals surface area contributed by atoms with Crippen molar-refractivity contribution < 1.29 is 14.6 Å². The van der Waals surface area contributed by atoms with Crippen molar-refractivity contribution in [1.82, 2.24) is 14.7 Å². The average Bonchev–Trinajstić information content (AvgIpc) is 3.59. The lowest BCUT2D eigenvalue weighted by Crippen LogP contribution is -2.36. The molecule has 176 valence electrons. The summed E-state index contributed by atoms with van der Waals surface area (Å²) in [4.78, 5) is 2.35. The first kappa shape index (κ1) is 23.5. The zero-order valence-corrected chi connectivity index (χ0v) is 20.1. The van der Waals surface area contributed by atoms with E-state index in [0.29, 0.717) is 25.7 Å². The molecule has 1 N–H and O–H groups in total. The molecule has 0 bridgehead atoms. The van der Waals surface area contributed by atoms with Crippen LogP contribution in [0, 0.1) is 6.92 Å². The van der Waals surface area contributed by atoms with E-state index in [4.69, 9.17) is 14.6 Å². The van der Waals surface area contributed by atoms with E-state index >= 15 is 0 Å². The van der Waals surface area contributed by atoms with Crippen LogP contribution in [0.25, 0.3) is 11.3 Å². The van der Waals surface area contributed by atoms with Gasteiger partial charge in [-0.25, -0.2) is 4.68 Å². The molecule has 1 aliphatic rings. The molecule has 1 aromatic heterocycles. The number of hydrogen-bond donors (Lipinski definition) is 1. The Hall–Kier alpha value is -2.67. The quantitative estimate of drug-likeness (QED) is 0.449. The third kappa shape index (κ3) is 6.22. The zero-order valence-electron chi connectivity index (χ0n) is 20.1. The number of aromatic nitrogens is 2. The van der Waals surface area contributed by atoms with Crippen LogP contribution in [0.4, 0.5) is 0 Å². The summed E-state index contributed by atoms with van der Waals surface area (Å²) in [6.07, 6.45) is 1.86. The van der Waals surface area contributed by atoms with Gasteiger partial charge in [-0.3, -0.25) is 4.90 Å². The van der Waals surface area contributed by atoms with Gasteiger partial charge < -0.3 is 14.6 Å². The van der Waals surface area contributed by atoms with E-state index in [2.05, 4.69) is 30.0 Å². The van der Waals surface area contributed by atoms with E-state index in [1.54, 1.807) is 0 Å². The molecule has 6 heteroatoms. The second-order valence-electron chi connectivity index (χ2n) is 9.24. The molecular formula is C27H35N3O3. The lowest BCUT2D eigenvalue weighted by atomic mass is 10.1. The number of aliphatic hydroxyl groups is 1. The smallest absolute Gasteiger partial charge is 0.222 e. The number of rotatable bonds is 11. The Labute approximate surface area is 196 Å². The van der Waals surface area contributed by atoms with Gasteiger partial charge in [-0.15, -0.1) is 0 Å². The van der Waals surface area contributed by atoms with Crippen LogP contribution in [0.15, 0.2) is 54.6 Å². The minimum absolute atomic E-state index is 0.103. The van der Waals surface area contributed by atoms with E-state index in [9.17, 15) is 5.11 Å². The first-order chi connectivity index (χ1) is 15.9. The molecule has 3 aromatic rings. The maximum Gasteiger partial charge on any atom is 0.222 e. The Morgan fingerprint density at radius 2 is 1.88 bits per heavy atom. The van der Waals surface area contributed by atoms with Gasteiger partial charge in [0.05, 0.1) is 24.4 Å². The van der Waals surface area contributed by atoms with Gasteiger partial charge in [-0.2, -0.15) is 5.10 Å². The third-order valence-corrected chi connectivity index (χ3v) is 5.83. The summed E-state index contributed by atoms with van der Waals surface area (Å²) >= 11 is 0. The van der Waals surface area contributed by atoms with Crippen molar-refractivity contribution >= 4 is 0 Å². The Morgan fingerprint density at radius 3 is 2.55 bits per heavy atom. The summed E-state index contributed by atoms with van der Waals surface area (Å²) in [6.45, 7) is 7.59. The van der Waals surface area contributed by atoms with Crippen molar-refractivity contribution in [3.8, 4) is 22.9 Å². The maximum absolute atomic E-state index is 10.6. The van der Waals surface area contributed by atoms with Crippen molar-refractivity contribution in [3.05, 3.63) is 65.7 Å². The number of ether oxygens (including phenoxy) is 2. The predicted molar refractivity (Wildman–Crippen MR) is 130 cm³/mol. The molecule has 6 nitrogen and oxygen atoms in total. The lowest BCUT2D eigenvalue weighted by Gasteiger charge is -2.26. The molecule has 0 amide bonds. The van der Waals surface area contributed by atoms with Crippen LogP contribution in [-0.4, -0.2) is 51.2 Å². The van der Waals surface area contributed by atoms with Gasteiger partial charge in [0.15, 0.2) is 0 Å². The molecule has 0 aliphatic heterocycles. The third-order valence-electron chi connectivity index (χ3n) is 5.83. The van der Waals surface area contributed by atoms with Crippen molar-refractivity contribution in [2.24, 2.45) is 7.05 Å². The number of nitrogens with zero attached hydrogens (tertiary/aromatic N) is 3. The summed E-state index contributed by atoms with van der Waals surface area (Å²) < 4.78 is 13.9. The Morgan fingerprint density at radius 1 is 1.12 bits per heavy atom. The first-order valence-electron chi connectivity index (χ1n) is 11.8. The van der Waals surface area contributed by atoms with Gasteiger partial charge in [0.2, 0.25) is 5.88 Å². The van der Waals surface area contributed by atoms with Gasteiger partial charge in [0.25, 0.3) is 0 Å². The minimum Gasteiger partial charge on any atom is -0.439 e. The van der Waals surface area contributed by atoms with Gasteiger partial charge >= 0.3 is 0 Å². The van der Waals surface area contributed by atoms with E-state index in [-0.39, 0.29) is 6.10 Å². The van der Waals surface area contributed by atoms with Crippen LogP contribution < -0.4 is 4.74 Å². The van der Waals surface area contributed by atoms with Crippen molar-refractivity contribution in [3.63, 3.8) is 0 Å². The zero-order chi connectivity index (χ0) is 23.4. The van der Waals surface area contributed by atoms with Gasteiger partial charge in [-0.05, 0) is 51.3 Å². The van der Waals surface area contributed by atoms with Crippen molar-refractivity contribution in [2.45, 2.75) is 58.4 Å². The van der Waals surface area contributed by atoms with Gasteiger partial charge in [0.1, 0.15) is 11.4 Å². The molecular weight excluding hydrogens is 414 g/mol. The summed E-state index contributed by atoms with van der Waals surface area (Å²) in [5, 5.41) is 15.5. The molecule has 0 unspecified atom stereocenters. The summed E-state index contributed by atoms with van der Waals surface area (Å²) in [6, 6.07) is 18.8. The summed E-state index contributed by atoms with van der Waals surface area (Å²) in [7, 11) is 1.92. The topological polar surface area (TPSA) is 59.8 Å². The fraction of sp³-hybridized carbons (Fsp3) is 0.444. The number of hydrogen-bond acceptors (Lipinski definition) is 5. The summed E-state index contributed by atoms with van der Waals surface area (Å²) in [5.74, 6) is 1.53. The monoisotopic (exact) mass is 449 g/mol. The fourth-order valence-corrected chi connectivity index (χ4v) is 4.05. The standard InChI is InChI=1S/C27H35N3O3/c1-19(2)32-18-23(31)16-30(22-13-14-22)17-25-26(21-10-6-5-7-11-21)28-29(4)27(25)33-24-12-8-9-20(3)15-24/h5-12,15,19,22-23,31H,13-14,16-18H2,1-4H3/t23-/m0/s1. The Bertz CT molecular complexity index is 1040. The van der Waals surface area contributed by atoms with Crippen LogP contribution in [0.3, 0.4) is 0 Å². The molecule has 1 saturated carbocycles. The molecule has 33 heavy (non-hydrogen) atoms. The fourth-order valence-electron chi connectivity index (χ4n) is 4.05. The van der Waals surface area contributed by atoms with E-state index in [0.717, 1.165) is 46.9 Å². The van der Waals surface area contributed by atoms with Crippen LogP contribution >= 0.6 is 0 Å². The van der Waals surface area contributed by atoms with Crippen LogP contribution in [0.1, 0.15) is 37.8 Å². The van der Waals surface area contributed by atoms with Crippen LogP contribution in [0.5, 0.6) is 11.6 Å². The molecule has 1 atom stereocenters. The second-order valence-corrected chi connectivity index (χ2v) is 9.24. The highest BCUT2D eigenvalue weighted by Crippen LogP contribution is 2.37. The van der Waals surface area contributed by atoms with Crippen molar-refractivity contribution in [2.75, 3.05) is 13.2 Å². The molecule has 0 radical (unpaired) electrons. The van der Waals surface area contributed by atoms with Gasteiger partial charge in [-0.1, -0.05) is 42.5 Å². The molecule has 1 aliphatic carbocycles. The number of aliphatic hydroxyl groups excluding tert-OH is 1. The SMILES string of the molecule is Cc1cccc(Oc2c(CN(C[C@H](O)COC(C)C)C3CC3)c(-c3ccccc3)nn2C)c1. The molecule has 4 rings (SSSR count). The van der Waals surface area contributed by atoms with Crippen LogP contribution in [-0.2, 0) is 18.3 Å². The van der Waals surface area contributed by atoms with Crippen molar-refractivity contribution in [1.29, 1.82) is 0 Å². The number of aryl methyl sites for hydroxylation is 2. The molecule has 0 spiro atoms. The largest absolute Gasteiger partial charge is 0.439 e. The predicted octanol–water partition coefficient (Wildman–Crippen LogP) is 4.94. The highest BCUT2D eigenvalue weighted by atomic mass is 16.5. The van der Waals surface area contributed by atoms with E-state index in [1.807, 2.05) is 62.0 Å². The lowest BCUT2D eigenvalue weighted by molar-refractivity contribution is -0.0107. The Balaban J connectivity index is 1.65. The average molecular weight is 450 g/mol. The maximum atomic E-state index is 10.6. The van der Waals surface area contributed by atoms with E-state index in [1.165, 1.54) is 0 Å². The molecule has 0 saturated heterocycles. The normalized spacial score (nSPS) is 14.8. The molecule has 2 aromatic carbocycles. The second kappa shape index (κ2) is 10.5. The van der Waals surface area contributed by atoms with E-state index < -0.39 is 6.10 Å². The first-order valence-corrected chi connectivity index (χ1v) is 11.8. The minimum atomic E-state index is -0.536. The highest BCUT2D eigenvalue weighted by molar-refractivity contribution is 5.65. The van der Waals surface area contributed by atoms with Crippen LogP contribution in [0.2, 0.25) is 0 Å². The van der Waals surface area contributed by atoms with Gasteiger partial charge in [0, 0.05) is 31.7 Å². The molecule has 1 fully saturated rings. The highest BCUT2D eigenvalue weighted by Gasteiger charge is 2.33. The Kier molecular flexibility index (Phi) is 7.48.